The van der Waals surface area contributed by atoms with Crippen LogP contribution in [0.5, 0.6) is 0 Å². The monoisotopic (exact) mass is 269 g/mol. The van der Waals surface area contributed by atoms with Crippen molar-refractivity contribution in [3.8, 4) is 11.1 Å². The van der Waals surface area contributed by atoms with Gasteiger partial charge in [0.25, 0.3) is 0 Å². The maximum atomic E-state index is 13.4. The van der Waals surface area contributed by atoms with Crippen molar-refractivity contribution in [1.29, 1.82) is 0 Å². The number of hydrogen-bond donors (Lipinski definition) is 1. The highest BCUT2D eigenvalue weighted by Gasteiger charge is 2.12. The second-order valence-electron chi connectivity index (χ2n) is 5.52. The van der Waals surface area contributed by atoms with Crippen molar-refractivity contribution >= 4 is 0 Å². The summed E-state index contributed by atoms with van der Waals surface area (Å²) >= 11 is 0. The largest absolute Gasteiger partial charge is 0.316 e. The summed E-state index contributed by atoms with van der Waals surface area (Å²) in [7, 11) is 1.89. The summed E-state index contributed by atoms with van der Waals surface area (Å²) in [4.78, 5) is 0. The number of halogens is 1. The summed E-state index contributed by atoms with van der Waals surface area (Å²) in [6, 6.07) is 11.8. The van der Waals surface area contributed by atoms with Gasteiger partial charge in [-0.15, -0.1) is 0 Å². The summed E-state index contributed by atoms with van der Waals surface area (Å²) in [5, 5.41) is 3.12. The van der Waals surface area contributed by atoms with Crippen LogP contribution < -0.4 is 5.32 Å². The summed E-state index contributed by atoms with van der Waals surface area (Å²) in [5.41, 5.74) is 6.30. The van der Waals surface area contributed by atoms with Crippen molar-refractivity contribution in [2.45, 2.75) is 32.2 Å². The number of aryl methyl sites for hydroxylation is 2. The van der Waals surface area contributed by atoms with E-state index in [1.54, 1.807) is 12.1 Å². The van der Waals surface area contributed by atoms with Gasteiger partial charge in [-0.25, -0.2) is 4.39 Å². The fourth-order valence-corrected chi connectivity index (χ4v) is 3.08. The van der Waals surface area contributed by atoms with Crippen LogP contribution in [0.4, 0.5) is 4.39 Å². The first-order valence-electron chi connectivity index (χ1n) is 7.33. The van der Waals surface area contributed by atoms with E-state index in [9.17, 15) is 4.39 Å². The van der Waals surface area contributed by atoms with E-state index < -0.39 is 0 Å². The lowest BCUT2D eigenvalue weighted by Gasteiger charge is -2.18. The Labute approximate surface area is 119 Å². The Morgan fingerprint density at radius 2 is 1.80 bits per heavy atom. The third-order valence-corrected chi connectivity index (χ3v) is 4.09. The van der Waals surface area contributed by atoms with E-state index in [-0.39, 0.29) is 5.82 Å². The quantitative estimate of drug-likeness (QED) is 0.885. The lowest BCUT2D eigenvalue weighted by atomic mass is 9.88. The fourth-order valence-electron chi connectivity index (χ4n) is 3.08. The van der Waals surface area contributed by atoms with E-state index in [0.29, 0.717) is 6.54 Å². The fraction of sp³-hybridized carbons (Fsp3) is 0.333. The molecule has 2 heteroatoms. The maximum Gasteiger partial charge on any atom is 0.123 e. The zero-order valence-electron chi connectivity index (χ0n) is 11.9. The minimum absolute atomic E-state index is 0.169. The van der Waals surface area contributed by atoms with E-state index >= 15 is 0 Å². The van der Waals surface area contributed by atoms with Gasteiger partial charge in [-0.3, -0.25) is 0 Å². The minimum Gasteiger partial charge on any atom is -0.316 e. The van der Waals surface area contributed by atoms with Crippen LogP contribution in [0.1, 0.15) is 29.5 Å². The van der Waals surface area contributed by atoms with Gasteiger partial charge < -0.3 is 5.32 Å². The number of rotatable bonds is 3. The van der Waals surface area contributed by atoms with Gasteiger partial charge in [0.05, 0.1) is 0 Å². The lowest BCUT2D eigenvalue weighted by Crippen LogP contribution is -2.07. The Hall–Kier alpha value is -1.67. The number of hydrogen-bond acceptors (Lipinski definition) is 1. The molecular weight excluding hydrogens is 249 g/mol. The molecule has 0 unspecified atom stereocenters. The third kappa shape index (κ3) is 2.61. The van der Waals surface area contributed by atoms with Crippen molar-refractivity contribution in [3.63, 3.8) is 0 Å². The molecule has 0 radical (unpaired) electrons. The molecule has 0 saturated heterocycles. The Morgan fingerprint density at radius 1 is 1.00 bits per heavy atom. The lowest BCUT2D eigenvalue weighted by molar-refractivity contribution is 0.624. The molecule has 0 aliphatic heterocycles. The normalized spacial score (nSPS) is 14.1. The molecule has 0 fully saturated rings. The maximum absolute atomic E-state index is 13.4. The highest BCUT2D eigenvalue weighted by Crippen LogP contribution is 2.29. The second kappa shape index (κ2) is 5.76. The summed E-state index contributed by atoms with van der Waals surface area (Å²) < 4.78 is 13.4. The molecule has 104 valence electrons. The third-order valence-electron chi connectivity index (χ3n) is 4.09. The molecule has 0 atom stereocenters. The Bertz CT molecular complexity index is 619. The number of benzene rings is 2. The molecule has 1 aliphatic rings. The van der Waals surface area contributed by atoms with Crippen molar-refractivity contribution in [2.24, 2.45) is 0 Å². The Kier molecular flexibility index (Phi) is 3.83. The summed E-state index contributed by atoms with van der Waals surface area (Å²) in [6.45, 7) is 0.685. The first-order valence-corrected chi connectivity index (χ1v) is 7.33. The summed E-state index contributed by atoms with van der Waals surface area (Å²) in [6.07, 6.45) is 4.95. The van der Waals surface area contributed by atoms with Crippen molar-refractivity contribution in [2.75, 3.05) is 7.05 Å². The molecule has 0 aromatic heterocycles. The van der Waals surface area contributed by atoms with Crippen LogP contribution in [0, 0.1) is 5.82 Å². The van der Waals surface area contributed by atoms with E-state index in [1.165, 1.54) is 42.4 Å². The van der Waals surface area contributed by atoms with Gasteiger partial charge in [-0.1, -0.05) is 24.3 Å². The first kappa shape index (κ1) is 13.3. The van der Waals surface area contributed by atoms with Crippen molar-refractivity contribution in [3.05, 3.63) is 58.9 Å². The van der Waals surface area contributed by atoms with E-state index in [0.717, 1.165) is 11.1 Å². The van der Waals surface area contributed by atoms with Crippen LogP contribution in [0.2, 0.25) is 0 Å². The number of nitrogens with one attached hydrogen (secondary N) is 1. The standard InChI is InChI=1S/C18H20FN/c1-20-12-16-11-17(19)8-9-18(16)15-7-6-13-4-2-3-5-14(13)10-15/h6-11,20H,2-5,12H2,1H3. The molecule has 2 aromatic rings. The number of fused-ring (bicyclic) bond motifs is 1. The summed E-state index contributed by atoms with van der Waals surface area (Å²) in [5.74, 6) is -0.169. The average Bonchev–Trinajstić information content (AvgIpc) is 2.47. The van der Waals surface area contributed by atoms with Gasteiger partial charge in [-0.2, -0.15) is 0 Å². The molecule has 0 bridgehead atoms. The molecule has 2 aromatic carbocycles. The minimum atomic E-state index is -0.169. The topological polar surface area (TPSA) is 12.0 Å². The van der Waals surface area contributed by atoms with Gasteiger partial charge in [0.15, 0.2) is 0 Å². The SMILES string of the molecule is CNCc1cc(F)ccc1-c1ccc2c(c1)CCCC2. The highest BCUT2D eigenvalue weighted by atomic mass is 19.1. The van der Waals surface area contributed by atoms with Gasteiger partial charge in [0.1, 0.15) is 5.82 Å². The van der Waals surface area contributed by atoms with Crippen LogP contribution in [-0.2, 0) is 19.4 Å². The zero-order chi connectivity index (χ0) is 13.9. The molecule has 1 aliphatic carbocycles. The van der Waals surface area contributed by atoms with E-state index in [1.807, 2.05) is 13.1 Å². The van der Waals surface area contributed by atoms with Gasteiger partial charge in [0.2, 0.25) is 0 Å². The van der Waals surface area contributed by atoms with Crippen molar-refractivity contribution in [1.82, 2.24) is 5.32 Å². The first-order chi connectivity index (χ1) is 9.78. The van der Waals surface area contributed by atoms with Gasteiger partial charge in [0, 0.05) is 6.54 Å². The molecule has 1 nitrogen and oxygen atoms in total. The average molecular weight is 269 g/mol. The Balaban J connectivity index is 2.04. The predicted octanol–water partition coefficient (Wildman–Crippen LogP) is 4.09. The Morgan fingerprint density at radius 3 is 2.60 bits per heavy atom. The van der Waals surface area contributed by atoms with Crippen molar-refractivity contribution < 1.29 is 4.39 Å². The van der Waals surface area contributed by atoms with Crippen LogP contribution in [0.15, 0.2) is 36.4 Å². The van der Waals surface area contributed by atoms with E-state index in [2.05, 4.69) is 23.5 Å². The van der Waals surface area contributed by atoms with Crippen LogP contribution in [-0.4, -0.2) is 7.05 Å². The molecule has 0 amide bonds. The molecule has 20 heavy (non-hydrogen) atoms. The van der Waals surface area contributed by atoms with E-state index in [4.69, 9.17) is 0 Å². The highest BCUT2D eigenvalue weighted by molar-refractivity contribution is 5.68. The molecule has 0 spiro atoms. The zero-order valence-corrected chi connectivity index (χ0v) is 11.9. The smallest absolute Gasteiger partial charge is 0.123 e. The van der Waals surface area contributed by atoms with Gasteiger partial charge >= 0.3 is 0 Å². The molecular formula is C18H20FN. The van der Waals surface area contributed by atoms with Crippen LogP contribution in [0.25, 0.3) is 11.1 Å². The molecule has 0 saturated carbocycles. The van der Waals surface area contributed by atoms with Crippen LogP contribution >= 0.6 is 0 Å². The van der Waals surface area contributed by atoms with Crippen LogP contribution in [0.3, 0.4) is 0 Å². The van der Waals surface area contributed by atoms with Gasteiger partial charge in [-0.05, 0) is 72.7 Å². The molecule has 1 N–H and O–H groups in total. The predicted molar refractivity (Wildman–Crippen MR) is 81.2 cm³/mol. The second-order valence-corrected chi connectivity index (χ2v) is 5.52. The molecule has 0 heterocycles. The molecule has 3 rings (SSSR count).